The lowest BCUT2D eigenvalue weighted by Gasteiger charge is -2.12. The molecule has 3 aromatic carbocycles. The van der Waals surface area contributed by atoms with Gasteiger partial charge < -0.3 is 18.9 Å². The van der Waals surface area contributed by atoms with Crippen LogP contribution < -0.4 is 24.5 Å². The number of ether oxygens (including phenoxy) is 4. The molecule has 0 fully saturated rings. The molecule has 0 N–H and O–H groups in total. The van der Waals surface area contributed by atoms with E-state index in [1.807, 2.05) is 55.5 Å². The van der Waals surface area contributed by atoms with Crippen molar-refractivity contribution in [2.75, 3.05) is 13.9 Å². The monoisotopic (exact) mass is 549 g/mol. The van der Waals surface area contributed by atoms with Crippen molar-refractivity contribution < 1.29 is 18.9 Å². The SMILES string of the molecule is CCCc1nc2ccc(Br)cc2c(=O)n1N=Cc1ccc(OCc2ccc3c(c2)OCO3)c(OC)c1. The standard InChI is InChI=1S/C27H24BrN3O5/c1-3-4-26-30-21-8-7-19(28)13-20(21)27(32)31(26)29-14-17-5-9-22(24(11-17)33-2)34-15-18-6-10-23-25(12-18)36-16-35-23/h5-14H,3-4,15-16H2,1-2H3. The summed E-state index contributed by atoms with van der Waals surface area (Å²) < 4.78 is 24.5. The molecule has 0 saturated heterocycles. The average Bonchev–Trinajstić information content (AvgIpc) is 3.36. The first-order valence-electron chi connectivity index (χ1n) is 11.5. The van der Waals surface area contributed by atoms with E-state index < -0.39 is 0 Å². The number of halogens is 1. The molecule has 1 aliphatic heterocycles. The van der Waals surface area contributed by atoms with E-state index in [-0.39, 0.29) is 12.4 Å². The fourth-order valence-electron chi connectivity index (χ4n) is 3.90. The summed E-state index contributed by atoms with van der Waals surface area (Å²) in [6.07, 6.45) is 3.10. The number of hydrogen-bond acceptors (Lipinski definition) is 7. The summed E-state index contributed by atoms with van der Waals surface area (Å²) in [6, 6.07) is 16.7. The Hall–Kier alpha value is -3.85. The van der Waals surface area contributed by atoms with Crippen molar-refractivity contribution in [2.24, 2.45) is 5.10 Å². The summed E-state index contributed by atoms with van der Waals surface area (Å²) in [6.45, 7) is 2.61. The van der Waals surface area contributed by atoms with Crippen LogP contribution in [-0.2, 0) is 13.0 Å². The fraction of sp³-hybridized carbons (Fsp3) is 0.222. The van der Waals surface area contributed by atoms with Crippen LogP contribution in [0, 0.1) is 0 Å². The number of aromatic nitrogens is 2. The smallest absolute Gasteiger partial charge is 0.282 e. The molecule has 8 nitrogen and oxygen atoms in total. The van der Waals surface area contributed by atoms with Crippen molar-refractivity contribution in [3.8, 4) is 23.0 Å². The molecule has 0 unspecified atom stereocenters. The van der Waals surface area contributed by atoms with Crippen LogP contribution in [0.3, 0.4) is 0 Å². The minimum atomic E-state index is -0.211. The Kier molecular flexibility index (Phi) is 6.90. The average molecular weight is 550 g/mol. The van der Waals surface area contributed by atoms with Gasteiger partial charge in [-0.15, -0.1) is 0 Å². The molecule has 2 heterocycles. The Morgan fingerprint density at radius 2 is 1.94 bits per heavy atom. The van der Waals surface area contributed by atoms with Gasteiger partial charge in [0.2, 0.25) is 6.79 Å². The maximum atomic E-state index is 13.2. The highest BCUT2D eigenvalue weighted by atomic mass is 79.9. The summed E-state index contributed by atoms with van der Waals surface area (Å²) >= 11 is 3.43. The van der Waals surface area contributed by atoms with Crippen molar-refractivity contribution >= 4 is 33.0 Å². The number of nitrogens with zero attached hydrogens (tertiary/aromatic N) is 3. The molecular weight excluding hydrogens is 526 g/mol. The van der Waals surface area contributed by atoms with Crippen molar-refractivity contribution in [1.29, 1.82) is 0 Å². The van der Waals surface area contributed by atoms with Gasteiger partial charge in [0.05, 0.1) is 24.2 Å². The van der Waals surface area contributed by atoms with Crippen LogP contribution >= 0.6 is 15.9 Å². The molecule has 1 aliphatic rings. The van der Waals surface area contributed by atoms with E-state index >= 15 is 0 Å². The molecule has 0 amide bonds. The van der Waals surface area contributed by atoms with E-state index in [0.29, 0.717) is 47.0 Å². The highest BCUT2D eigenvalue weighted by Crippen LogP contribution is 2.34. The van der Waals surface area contributed by atoms with Crippen molar-refractivity contribution in [1.82, 2.24) is 9.66 Å². The molecule has 0 radical (unpaired) electrons. The molecule has 4 aromatic rings. The first kappa shape index (κ1) is 23.9. The first-order valence-corrected chi connectivity index (χ1v) is 12.3. The van der Waals surface area contributed by atoms with Gasteiger partial charge in [-0.25, -0.2) is 4.98 Å². The molecule has 5 rings (SSSR count). The van der Waals surface area contributed by atoms with E-state index in [0.717, 1.165) is 27.8 Å². The van der Waals surface area contributed by atoms with E-state index in [1.165, 1.54) is 4.68 Å². The zero-order valence-electron chi connectivity index (χ0n) is 19.9. The van der Waals surface area contributed by atoms with Crippen LogP contribution in [0.4, 0.5) is 0 Å². The van der Waals surface area contributed by atoms with Gasteiger partial charge in [-0.2, -0.15) is 9.78 Å². The minimum absolute atomic E-state index is 0.211. The third kappa shape index (κ3) is 4.92. The molecule has 1 aromatic heterocycles. The summed E-state index contributed by atoms with van der Waals surface area (Å²) in [7, 11) is 1.58. The van der Waals surface area contributed by atoms with Crippen LogP contribution in [0.15, 0.2) is 69.0 Å². The van der Waals surface area contributed by atoms with Crippen LogP contribution in [0.25, 0.3) is 10.9 Å². The molecular formula is C27H24BrN3O5. The normalized spacial score (nSPS) is 12.4. The Labute approximate surface area is 216 Å². The Morgan fingerprint density at radius 1 is 1.08 bits per heavy atom. The van der Waals surface area contributed by atoms with E-state index in [1.54, 1.807) is 19.4 Å². The van der Waals surface area contributed by atoms with Crippen LogP contribution in [0.5, 0.6) is 23.0 Å². The predicted molar refractivity (Wildman–Crippen MR) is 141 cm³/mol. The van der Waals surface area contributed by atoms with Gasteiger partial charge in [0.1, 0.15) is 12.4 Å². The zero-order valence-corrected chi connectivity index (χ0v) is 21.4. The molecule has 0 aliphatic carbocycles. The third-order valence-electron chi connectivity index (χ3n) is 5.69. The van der Waals surface area contributed by atoms with E-state index in [2.05, 4.69) is 26.0 Å². The van der Waals surface area contributed by atoms with Crippen molar-refractivity contribution in [3.63, 3.8) is 0 Å². The van der Waals surface area contributed by atoms with Gasteiger partial charge in [-0.1, -0.05) is 28.9 Å². The fourth-order valence-corrected chi connectivity index (χ4v) is 4.26. The number of rotatable bonds is 8. The molecule has 36 heavy (non-hydrogen) atoms. The second-order valence-electron chi connectivity index (χ2n) is 8.19. The molecule has 0 atom stereocenters. The lowest BCUT2D eigenvalue weighted by atomic mass is 10.2. The zero-order chi connectivity index (χ0) is 25.1. The topological polar surface area (TPSA) is 84.2 Å². The quantitative estimate of drug-likeness (QED) is 0.277. The second kappa shape index (κ2) is 10.4. The molecule has 0 bridgehead atoms. The van der Waals surface area contributed by atoms with Crippen LogP contribution in [-0.4, -0.2) is 29.8 Å². The highest BCUT2D eigenvalue weighted by Gasteiger charge is 2.14. The van der Waals surface area contributed by atoms with E-state index in [4.69, 9.17) is 18.9 Å². The summed E-state index contributed by atoms with van der Waals surface area (Å²) in [5.74, 6) is 3.21. The lowest BCUT2D eigenvalue weighted by Crippen LogP contribution is -2.22. The summed E-state index contributed by atoms with van der Waals surface area (Å²) in [4.78, 5) is 17.9. The highest BCUT2D eigenvalue weighted by molar-refractivity contribution is 9.10. The summed E-state index contributed by atoms with van der Waals surface area (Å²) in [5.41, 5.74) is 2.15. The van der Waals surface area contributed by atoms with Gasteiger partial charge in [0, 0.05) is 10.9 Å². The minimum Gasteiger partial charge on any atom is -0.493 e. The Bertz CT molecular complexity index is 1520. The van der Waals surface area contributed by atoms with Gasteiger partial charge in [0.25, 0.3) is 5.56 Å². The van der Waals surface area contributed by atoms with Crippen LogP contribution in [0.2, 0.25) is 0 Å². The molecule has 0 spiro atoms. The second-order valence-corrected chi connectivity index (χ2v) is 9.10. The maximum absolute atomic E-state index is 13.2. The predicted octanol–water partition coefficient (Wildman–Crippen LogP) is 5.31. The Balaban J connectivity index is 1.39. The molecule has 9 heteroatoms. The third-order valence-corrected chi connectivity index (χ3v) is 6.18. The summed E-state index contributed by atoms with van der Waals surface area (Å²) in [5, 5.41) is 4.99. The van der Waals surface area contributed by atoms with Crippen LogP contribution in [0.1, 0.15) is 30.3 Å². The lowest BCUT2D eigenvalue weighted by molar-refractivity contribution is 0.174. The number of methoxy groups -OCH3 is 1. The number of benzene rings is 3. The Morgan fingerprint density at radius 3 is 2.78 bits per heavy atom. The van der Waals surface area contributed by atoms with Gasteiger partial charge >= 0.3 is 0 Å². The van der Waals surface area contributed by atoms with Gasteiger partial charge in [-0.3, -0.25) is 4.79 Å². The number of fused-ring (bicyclic) bond motifs is 2. The van der Waals surface area contributed by atoms with Crippen molar-refractivity contribution in [2.45, 2.75) is 26.4 Å². The molecule has 184 valence electrons. The molecule has 0 saturated carbocycles. The van der Waals surface area contributed by atoms with Crippen molar-refractivity contribution in [3.05, 3.63) is 86.4 Å². The largest absolute Gasteiger partial charge is 0.493 e. The number of aryl methyl sites for hydroxylation is 1. The van der Waals surface area contributed by atoms with E-state index in [9.17, 15) is 4.79 Å². The number of hydrogen-bond donors (Lipinski definition) is 0. The van der Waals surface area contributed by atoms with Gasteiger partial charge in [0.15, 0.2) is 23.0 Å². The maximum Gasteiger partial charge on any atom is 0.282 e. The van der Waals surface area contributed by atoms with Gasteiger partial charge in [-0.05, 0) is 66.1 Å². The first-order chi connectivity index (χ1) is 17.6.